The summed E-state index contributed by atoms with van der Waals surface area (Å²) in [5, 5.41) is 0. The highest BCUT2D eigenvalue weighted by Crippen LogP contribution is 2.14. The number of rotatable bonds is 5. The molecule has 0 bridgehead atoms. The van der Waals surface area contributed by atoms with Crippen molar-refractivity contribution in [3.63, 3.8) is 0 Å². The molecule has 0 spiro atoms. The standard InChI is InChI=1S/C20H27N/c1-17-11-10-12-19(15-17)18(2)16-21(6)14-9-7-8-13-20(3,4)5/h7,9-12,15H,2,14,16H2,1,3-6H3/b9-7+. The smallest absolute Gasteiger partial charge is 0.0234 e. The summed E-state index contributed by atoms with van der Waals surface area (Å²) in [6.07, 6.45) is 4.04. The molecule has 0 saturated carbocycles. The second-order valence-corrected chi connectivity index (χ2v) is 6.59. The Morgan fingerprint density at radius 2 is 2.05 bits per heavy atom. The van der Waals surface area contributed by atoms with E-state index in [1.807, 2.05) is 6.08 Å². The Balaban J connectivity index is 2.46. The quantitative estimate of drug-likeness (QED) is 0.716. The molecule has 0 N–H and O–H groups in total. The third kappa shape index (κ3) is 7.54. The monoisotopic (exact) mass is 281 g/mol. The van der Waals surface area contributed by atoms with Gasteiger partial charge in [-0.15, -0.1) is 0 Å². The van der Waals surface area contributed by atoms with Crippen LogP contribution < -0.4 is 0 Å². The number of likely N-dealkylation sites (N-methyl/N-ethyl adjacent to an activating group) is 1. The molecule has 0 atom stereocenters. The summed E-state index contributed by atoms with van der Waals surface area (Å²) >= 11 is 0. The predicted molar refractivity (Wildman–Crippen MR) is 94.1 cm³/mol. The van der Waals surface area contributed by atoms with Gasteiger partial charge in [0, 0.05) is 18.5 Å². The molecular formula is C20H27N. The van der Waals surface area contributed by atoms with Gasteiger partial charge in [0.1, 0.15) is 0 Å². The predicted octanol–water partition coefficient (Wildman–Crippen LogP) is 4.55. The lowest BCUT2D eigenvalue weighted by Gasteiger charge is -2.16. The molecule has 0 unspecified atom stereocenters. The molecule has 0 amide bonds. The molecule has 0 heterocycles. The number of nitrogens with zero attached hydrogens (tertiary/aromatic N) is 1. The second kappa shape index (κ2) is 7.86. The van der Waals surface area contributed by atoms with Crippen LogP contribution in [0, 0.1) is 24.2 Å². The lowest BCUT2D eigenvalue weighted by atomic mass is 9.98. The maximum Gasteiger partial charge on any atom is 0.0234 e. The van der Waals surface area contributed by atoms with Gasteiger partial charge in [-0.3, -0.25) is 4.90 Å². The van der Waals surface area contributed by atoms with E-state index in [1.165, 1.54) is 11.1 Å². The molecule has 1 heteroatoms. The molecule has 0 aliphatic carbocycles. The van der Waals surface area contributed by atoms with E-state index in [2.05, 4.69) is 88.4 Å². The first-order valence-corrected chi connectivity index (χ1v) is 7.39. The van der Waals surface area contributed by atoms with Gasteiger partial charge in [0.2, 0.25) is 0 Å². The number of allylic oxidation sites excluding steroid dienone is 1. The summed E-state index contributed by atoms with van der Waals surface area (Å²) in [6.45, 7) is 14.4. The summed E-state index contributed by atoms with van der Waals surface area (Å²) in [4.78, 5) is 2.24. The third-order valence-corrected chi connectivity index (χ3v) is 2.95. The minimum Gasteiger partial charge on any atom is -0.298 e. The number of hydrogen-bond donors (Lipinski definition) is 0. The molecule has 112 valence electrons. The lowest BCUT2D eigenvalue weighted by molar-refractivity contribution is 0.419. The van der Waals surface area contributed by atoms with Crippen LogP contribution in [0.4, 0.5) is 0 Å². The number of benzene rings is 1. The fourth-order valence-electron chi connectivity index (χ4n) is 1.90. The number of hydrogen-bond acceptors (Lipinski definition) is 1. The van der Waals surface area contributed by atoms with Crippen molar-refractivity contribution in [3.05, 3.63) is 54.1 Å². The summed E-state index contributed by atoms with van der Waals surface area (Å²) in [5.74, 6) is 6.29. The average Bonchev–Trinajstić information content (AvgIpc) is 2.36. The third-order valence-electron chi connectivity index (χ3n) is 2.95. The van der Waals surface area contributed by atoms with Crippen LogP contribution in [-0.4, -0.2) is 25.0 Å². The molecule has 21 heavy (non-hydrogen) atoms. The largest absolute Gasteiger partial charge is 0.298 e. The van der Waals surface area contributed by atoms with Crippen LogP contribution in [-0.2, 0) is 0 Å². The van der Waals surface area contributed by atoms with E-state index in [0.717, 1.165) is 18.7 Å². The van der Waals surface area contributed by atoms with Crippen LogP contribution >= 0.6 is 0 Å². The van der Waals surface area contributed by atoms with Gasteiger partial charge in [-0.25, -0.2) is 0 Å². The van der Waals surface area contributed by atoms with Gasteiger partial charge in [-0.2, -0.15) is 0 Å². The SMILES string of the molecule is C=C(CN(C)C/C=C/C#CC(C)(C)C)c1cccc(C)c1. The molecule has 1 nitrogen and oxygen atoms in total. The van der Waals surface area contributed by atoms with Gasteiger partial charge < -0.3 is 0 Å². The van der Waals surface area contributed by atoms with Crippen LogP contribution in [0.1, 0.15) is 31.9 Å². The van der Waals surface area contributed by atoms with Gasteiger partial charge in [0.15, 0.2) is 0 Å². The molecule has 1 rings (SSSR count). The molecular weight excluding hydrogens is 254 g/mol. The van der Waals surface area contributed by atoms with Crippen molar-refractivity contribution in [2.45, 2.75) is 27.7 Å². The van der Waals surface area contributed by atoms with E-state index >= 15 is 0 Å². The Bertz CT molecular complexity index is 561. The molecule has 0 saturated heterocycles. The van der Waals surface area contributed by atoms with Gasteiger partial charge in [0.25, 0.3) is 0 Å². The molecule has 1 aromatic carbocycles. The van der Waals surface area contributed by atoms with Crippen molar-refractivity contribution < 1.29 is 0 Å². The Kier molecular flexibility index (Phi) is 6.46. The molecule has 0 radical (unpaired) electrons. The fraction of sp³-hybridized carbons (Fsp3) is 0.400. The second-order valence-electron chi connectivity index (χ2n) is 6.59. The Morgan fingerprint density at radius 3 is 2.67 bits per heavy atom. The van der Waals surface area contributed by atoms with Crippen LogP contribution in [0.2, 0.25) is 0 Å². The maximum absolute atomic E-state index is 4.19. The zero-order valence-corrected chi connectivity index (χ0v) is 14.0. The van der Waals surface area contributed by atoms with E-state index < -0.39 is 0 Å². The summed E-state index contributed by atoms with van der Waals surface area (Å²) in [6, 6.07) is 8.49. The maximum atomic E-state index is 4.19. The van der Waals surface area contributed by atoms with Crippen molar-refractivity contribution in [1.82, 2.24) is 4.90 Å². The van der Waals surface area contributed by atoms with Crippen molar-refractivity contribution in [2.75, 3.05) is 20.1 Å². The van der Waals surface area contributed by atoms with Crippen LogP contribution in [0.3, 0.4) is 0 Å². The van der Waals surface area contributed by atoms with Crippen LogP contribution in [0.15, 0.2) is 43.0 Å². The highest BCUT2D eigenvalue weighted by atomic mass is 15.1. The minimum absolute atomic E-state index is 0.0652. The normalized spacial score (nSPS) is 11.5. The van der Waals surface area contributed by atoms with Gasteiger partial charge >= 0.3 is 0 Å². The number of aryl methyl sites for hydroxylation is 1. The van der Waals surface area contributed by atoms with E-state index in [4.69, 9.17) is 0 Å². The molecule has 0 fully saturated rings. The van der Waals surface area contributed by atoms with Crippen molar-refractivity contribution in [3.8, 4) is 11.8 Å². The highest BCUT2D eigenvalue weighted by molar-refractivity contribution is 5.65. The Labute approximate surface area is 130 Å². The van der Waals surface area contributed by atoms with Gasteiger partial charge in [-0.05, 0) is 52.0 Å². The summed E-state index contributed by atoms with van der Waals surface area (Å²) in [7, 11) is 2.10. The van der Waals surface area contributed by atoms with Crippen molar-refractivity contribution in [2.24, 2.45) is 5.41 Å². The van der Waals surface area contributed by atoms with Crippen molar-refractivity contribution in [1.29, 1.82) is 0 Å². The Morgan fingerprint density at radius 1 is 1.33 bits per heavy atom. The molecule has 0 aliphatic heterocycles. The first kappa shape index (κ1) is 17.3. The highest BCUT2D eigenvalue weighted by Gasteiger charge is 2.03. The fourth-order valence-corrected chi connectivity index (χ4v) is 1.90. The van der Waals surface area contributed by atoms with E-state index in [0.29, 0.717) is 0 Å². The minimum atomic E-state index is 0.0652. The first-order chi connectivity index (χ1) is 9.78. The zero-order valence-electron chi connectivity index (χ0n) is 14.0. The van der Waals surface area contributed by atoms with Crippen molar-refractivity contribution >= 4 is 5.57 Å². The average molecular weight is 281 g/mol. The van der Waals surface area contributed by atoms with Gasteiger partial charge in [-0.1, -0.05) is 54.3 Å². The van der Waals surface area contributed by atoms with Gasteiger partial charge in [0.05, 0.1) is 0 Å². The molecule has 0 aromatic heterocycles. The van der Waals surface area contributed by atoms with E-state index in [9.17, 15) is 0 Å². The Hall–Kier alpha value is -1.78. The summed E-state index contributed by atoms with van der Waals surface area (Å²) in [5.41, 5.74) is 3.71. The van der Waals surface area contributed by atoms with E-state index in [1.54, 1.807) is 0 Å². The van der Waals surface area contributed by atoms with E-state index in [-0.39, 0.29) is 5.41 Å². The zero-order chi connectivity index (χ0) is 15.9. The first-order valence-electron chi connectivity index (χ1n) is 7.39. The lowest BCUT2D eigenvalue weighted by Crippen LogP contribution is -2.20. The summed E-state index contributed by atoms with van der Waals surface area (Å²) < 4.78 is 0. The topological polar surface area (TPSA) is 3.24 Å². The molecule has 1 aromatic rings. The molecule has 0 aliphatic rings. The van der Waals surface area contributed by atoms with Crippen LogP contribution in [0.5, 0.6) is 0 Å². The van der Waals surface area contributed by atoms with Crippen LogP contribution in [0.25, 0.3) is 5.57 Å².